The molecule has 58 valence electrons. The minimum Gasteiger partial charge on any atom is -0.475 e. The number of carbonyl (C=O) groups is 1. The van der Waals surface area contributed by atoms with Gasteiger partial charge in [-0.1, -0.05) is 0 Å². The molecule has 7 heteroatoms. The Morgan fingerprint density at radius 1 is 1.22 bits per heavy atom. The van der Waals surface area contributed by atoms with Gasteiger partial charge in [0.05, 0.1) is 0 Å². The zero-order valence-electron chi connectivity index (χ0n) is 3.81. The molecule has 0 saturated carbocycles. The molecule has 0 amide bonds. The number of carboxylic acid groups (broad SMARTS) is 1. The lowest BCUT2D eigenvalue weighted by atomic mass is 10.7. The summed E-state index contributed by atoms with van der Waals surface area (Å²) in [5.74, 6) is -2.76. The molecule has 0 aromatic heterocycles. The fourth-order valence-corrected chi connectivity index (χ4v) is 0. The summed E-state index contributed by atoms with van der Waals surface area (Å²) in [6.07, 6.45) is -5.08. The molecule has 0 aliphatic carbocycles. The van der Waals surface area contributed by atoms with E-state index in [-0.39, 0.29) is 24.8 Å². The molecule has 0 fully saturated rings. The summed E-state index contributed by atoms with van der Waals surface area (Å²) >= 11 is 0. The Kier molecular flexibility index (Phi) is 8.31. The predicted octanol–water partition coefficient (Wildman–Crippen LogP) is 1.48. The van der Waals surface area contributed by atoms with Crippen LogP contribution in [0.1, 0.15) is 0 Å². The highest BCUT2D eigenvalue weighted by Crippen LogP contribution is 2.13. The van der Waals surface area contributed by atoms with E-state index < -0.39 is 12.1 Å². The van der Waals surface area contributed by atoms with E-state index in [1.54, 1.807) is 0 Å². The van der Waals surface area contributed by atoms with Crippen molar-refractivity contribution in [2.24, 2.45) is 0 Å². The summed E-state index contributed by atoms with van der Waals surface area (Å²) in [6, 6.07) is 0. The van der Waals surface area contributed by atoms with Crippen LogP contribution in [-0.2, 0) is 4.79 Å². The monoisotopic (exact) mass is 186 g/mol. The summed E-state index contributed by atoms with van der Waals surface area (Å²) in [4.78, 5) is 8.90. The zero-order valence-corrected chi connectivity index (χ0v) is 5.44. The van der Waals surface area contributed by atoms with E-state index in [0.29, 0.717) is 0 Å². The maximum absolute atomic E-state index is 10.6. The molecule has 0 bridgehead atoms. The van der Waals surface area contributed by atoms with Crippen molar-refractivity contribution in [1.82, 2.24) is 0 Å². The first kappa shape index (κ1) is 15.9. The number of rotatable bonds is 0. The van der Waals surface area contributed by atoms with Gasteiger partial charge in [0, 0.05) is 0 Å². The van der Waals surface area contributed by atoms with Crippen molar-refractivity contribution in [1.29, 1.82) is 0 Å². The molecular formula is C2H3Cl2F3O2. The molecule has 2 nitrogen and oxygen atoms in total. The van der Waals surface area contributed by atoms with E-state index in [1.807, 2.05) is 0 Å². The Bertz CT molecular complexity index is 90.3. The van der Waals surface area contributed by atoms with Crippen LogP contribution in [0.2, 0.25) is 0 Å². The third-order valence-corrected chi connectivity index (χ3v) is 0.243. The van der Waals surface area contributed by atoms with Crippen molar-refractivity contribution in [3.8, 4) is 0 Å². The topological polar surface area (TPSA) is 37.3 Å². The van der Waals surface area contributed by atoms with Gasteiger partial charge in [-0.15, -0.1) is 24.8 Å². The maximum Gasteiger partial charge on any atom is 0.490 e. The molecule has 0 aliphatic rings. The highest BCUT2D eigenvalue weighted by Gasteiger charge is 2.38. The molecule has 0 spiro atoms. The quantitative estimate of drug-likeness (QED) is 0.623. The molecule has 0 atom stereocenters. The Balaban J connectivity index is -0.000000180. The normalized spacial score (nSPS) is 8.78. The van der Waals surface area contributed by atoms with E-state index in [9.17, 15) is 13.2 Å². The van der Waals surface area contributed by atoms with Gasteiger partial charge in [-0.2, -0.15) is 13.2 Å². The largest absolute Gasteiger partial charge is 0.490 e. The second kappa shape index (κ2) is 4.69. The van der Waals surface area contributed by atoms with E-state index >= 15 is 0 Å². The smallest absolute Gasteiger partial charge is 0.475 e. The Morgan fingerprint density at radius 2 is 1.33 bits per heavy atom. The second-order valence-corrected chi connectivity index (χ2v) is 0.803. The lowest BCUT2D eigenvalue weighted by molar-refractivity contribution is -0.192. The van der Waals surface area contributed by atoms with Crippen LogP contribution >= 0.6 is 24.8 Å². The highest BCUT2D eigenvalue weighted by molar-refractivity contribution is 5.85. The van der Waals surface area contributed by atoms with E-state index in [2.05, 4.69) is 0 Å². The van der Waals surface area contributed by atoms with Gasteiger partial charge in [-0.25, -0.2) is 4.79 Å². The summed E-state index contributed by atoms with van der Waals surface area (Å²) in [5.41, 5.74) is 0. The Hall–Kier alpha value is -0.160. The van der Waals surface area contributed by atoms with Gasteiger partial charge < -0.3 is 5.11 Å². The van der Waals surface area contributed by atoms with E-state index in [0.717, 1.165) is 0 Å². The minimum absolute atomic E-state index is 0. The van der Waals surface area contributed by atoms with Crippen LogP contribution in [-0.4, -0.2) is 17.3 Å². The standard InChI is InChI=1S/C2HF3O2.2ClH/c3-2(4,5)1(6)7;;/h(H,6,7);2*1H. The van der Waals surface area contributed by atoms with Crippen molar-refractivity contribution < 1.29 is 23.1 Å². The third kappa shape index (κ3) is 7.84. The fourth-order valence-electron chi connectivity index (χ4n) is 0. The molecule has 0 aliphatic heterocycles. The average molecular weight is 187 g/mol. The van der Waals surface area contributed by atoms with Gasteiger partial charge in [0.2, 0.25) is 0 Å². The number of hydrogen-bond donors (Lipinski definition) is 1. The van der Waals surface area contributed by atoms with Crippen molar-refractivity contribution in [3.05, 3.63) is 0 Å². The molecular weight excluding hydrogens is 184 g/mol. The van der Waals surface area contributed by atoms with Crippen LogP contribution in [0.4, 0.5) is 13.2 Å². The summed E-state index contributed by atoms with van der Waals surface area (Å²) in [6.45, 7) is 0. The molecule has 1 N–H and O–H groups in total. The van der Waals surface area contributed by atoms with Crippen LogP contribution in [0.15, 0.2) is 0 Å². The van der Waals surface area contributed by atoms with Gasteiger partial charge in [-0.05, 0) is 0 Å². The van der Waals surface area contributed by atoms with E-state index in [4.69, 9.17) is 9.90 Å². The molecule has 0 aromatic rings. The van der Waals surface area contributed by atoms with Crippen molar-refractivity contribution in [3.63, 3.8) is 0 Å². The molecule has 0 heterocycles. The fraction of sp³-hybridized carbons (Fsp3) is 0.500. The van der Waals surface area contributed by atoms with Gasteiger partial charge in [0.1, 0.15) is 0 Å². The molecule has 0 radical (unpaired) electrons. The van der Waals surface area contributed by atoms with Gasteiger partial charge >= 0.3 is 12.1 Å². The number of alkyl halides is 3. The first-order valence-electron chi connectivity index (χ1n) is 1.24. The molecule has 0 saturated heterocycles. The van der Waals surface area contributed by atoms with Crippen LogP contribution in [0.5, 0.6) is 0 Å². The first-order chi connectivity index (χ1) is 2.94. The number of aliphatic carboxylic acids is 1. The summed E-state index contributed by atoms with van der Waals surface area (Å²) in [7, 11) is 0. The number of hydrogen-bond acceptors (Lipinski definition) is 1. The van der Waals surface area contributed by atoms with E-state index in [1.165, 1.54) is 0 Å². The van der Waals surface area contributed by atoms with Crippen molar-refractivity contribution in [2.75, 3.05) is 0 Å². The molecule has 0 aromatic carbocycles. The Morgan fingerprint density at radius 3 is 1.33 bits per heavy atom. The van der Waals surface area contributed by atoms with Crippen LogP contribution in [0.3, 0.4) is 0 Å². The SMILES string of the molecule is Cl.Cl.O=C(O)C(F)(F)F. The van der Waals surface area contributed by atoms with Crippen molar-refractivity contribution in [2.45, 2.75) is 6.18 Å². The highest BCUT2D eigenvalue weighted by atomic mass is 35.5. The van der Waals surface area contributed by atoms with Crippen LogP contribution < -0.4 is 0 Å². The number of carboxylic acids is 1. The Labute approximate surface area is 60.9 Å². The minimum atomic E-state index is -5.08. The summed E-state index contributed by atoms with van der Waals surface area (Å²) < 4.78 is 31.7. The molecule has 0 rings (SSSR count). The van der Waals surface area contributed by atoms with Gasteiger partial charge in [0.15, 0.2) is 0 Å². The molecule has 9 heavy (non-hydrogen) atoms. The van der Waals surface area contributed by atoms with Crippen LogP contribution in [0.25, 0.3) is 0 Å². The third-order valence-electron chi connectivity index (χ3n) is 0.243. The van der Waals surface area contributed by atoms with Gasteiger partial charge in [0.25, 0.3) is 0 Å². The first-order valence-corrected chi connectivity index (χ1v) is 1.24. The lowest BCUT2D eigenvalue weighted by Gasteiger charge is -1.93. The average Bonchev–Trinajstić information content (AvgIpc) is 1.31. The molecule has 0 unspecified atom stereocenters. The lowest BCUT2D eigenvalue weighted by Crippen LogP contribution is -2.21. The van der Waals surface area contributed by atoms with Gasteiger partial charge in [-0.3, -0.25) is 0 Å². The predicted molar refractivity (Wildman–Crippen MR) is 28.2 cm³/mol. The van der Waals surface area contributed by atoms with Crippen LogP contribution in [0, 0.1) is 0 Å². The second-order valence-electron chi connectivity index (χ2n) is 0.803. The number of halogens is 5. The maximum atomic E-state index is 10.6. The van der Waals surface area contributed by atoms with Crippen molar-refractivity contribution >= 4 is 30.8 Å². The summed E-state index contributed by atoms with van der Waals surface area (Å²) in [5, 5.41) is 7.12. The zero-order chi connectivity index (χ0) is 6.08.